The molecule has 5 nitrogen and oxygen atoms in total. The second-order valence-corrected chi connectivity index (χ2v) is 5.31. The molecule has 0 aliphatic carbocycles. The topological polar surface area (TPSA) is 50.3 Å². The van der Waals surface area contributed by atoms with Crippen molar-refractivity contribution in [3.05, 3.63) is 18.0 Å². The minimum Gasteiger partial charge on any atom is -0.323 e. The van der Waals surface area contributed by atoms with Crippen LogP contribution in [0.25, 0.3) is 0 Å². The van der Waals surface area contributed by atoms with Gasteiger partial charge in [0.15, 0.2) is 0 Å². The monoisotopic (exact) mass is 251 g/mol. The Hall–Kier alpha value is -0.910. The van der Waals surface area contributed by atoms with E-state index in [2.05, 4.69) is 35.9 Å². The fourth-order valence-electron chi connectivity index (χ4n) is 2.69. The first kappa shape index (κ1) is 13.5. The Kier molecular flexibility index (Phi) is 4.37. The zero-order valence-corrected chi connectivity index (χ0v) is 11.7. The summed E-state index contributed by atoms with van der Waals surface area (Å²) >= 11 is 0. The van der Waals surface area contributed by atoms with E-state index in [-0.39, 0.29) is 6.04 Å². The van der Waals surface area contributed by atoms with Crippen molar-refractivity contribution in [1.29, 1.82) is 0 Å². The van der Waals surface area contributed by atoms with Crippen LogP contribution in [0.3, 0.4) is 0 Å². The third-order valence-corrected chi connectivity index (χ3v) is 3.94. The number of nitrogens with zero attached hydrogens (tertiary/aromatic N) is 4. The Labute approximate surface area is 110 Å². The van der Waals surface area contributed by atoms with Crippen molar-refractivity contribution < 1.29 is 0 Å². The lowest BCUT2D eigenvalue weighted by Crippen LogP contribution is -2.50. The molecule has 5 heteroatoms. The van der Waals surface area contributed by atoms with Gasteiger partial charge in [0.2, 0.25) is 0 Å². The highest BCUT2D eigenvalue weighted by Crippen LogP contribution is 2.20. The van der Waals surface area contributed by atoms with Crippen LogP contribution in [0.1, 0.15) is 25.1 Å². The molecule has 2 rings (SSSR count). The molecular formula is C13H25N5. The minimum absolute atomic E-state index is 0.0754. The average Bonchev–Trinajstić information content (AvgIpc) is 2.82. The number of piperazine rings is 1. The van der Waals surface area contributed by atoms with Gasteiger partial charge in [-0.15, -0.1) is 0 Å². The molecule has 0 amide bonds. The van der Waals surface area contributed by atoms with Gasteiger partial charge in [-0.3, -0.25) is 4.68 Å². The van der Waals surface area contributed by atoms with E-state index in [0.29, 0.717) is 6.04 Å². The van der Waals surface area contributed by atoms with E-state index in [1.54, 1.807) is 0 Å². The van der Waals surface area contributed by atoms with Crippen LogP contribution < -0.4 is 5.73 Å². The Morgan fingerprint density at radius 1 is 1.44 bits per heavy atom. The second-order valence-electron chi connectivity index (χ2n) is 5.31. The lowest BCUT2D eigenvalue weighted by atomic mass is 10.0. The quantitative estimate of drug-likeness (QED) is 0.848. The maximum atomic E-state index is 6.35. The number of aryl methyl sites for hydroxylation is 1. The zero-order chi connectivity index (χ0) is 13.1. The third-order valence-electron chi connectivity index (χ3n) is 3.94. The molecule has 2 N–H and O–H groups in total. The molecule has 1 aromatic heterocycles. The average molecular weight is 251 g/mol. The summed E-state index contributed by atoms with van der Waals surface area (Å²) in [5.41, 5.74) is 7.50. The highest BCUT2D eigenvalue weighted by atomic mass is 15.3. The molecule has 1 aliphatic rings. The van der Waals surface area contributed by atoms with Gasteiger partial charge in [-0.1, -0.05) is 0 Å². The van der Waals surface area contributed by atoms with E-state index in [1.807, 2.05) is 16.9 Å². The molecule has 0 bridgehead atoms. The highest BCUT2D eigenvalue weighted by Gasteiger charge is 2.25. The Morgan fingerprint density at radius 3 is 2.94 bits per heavy atom. The van der Waals surface area contributed by atoms with Gasteiger partial charge >= 0.3 is 0 Å². The molecule has 2 atom stereocenters. The Morgan fingerprint density at radius 2 is 2.22 bits per heavy atom. The van der Waals surface area contributed by atoms with Crippen LogP contribution in [-0.4, -0.2) is 59.4 Å². The molecular weight excluding hydrogens is 226 g/mol. The highest BCUT2D eigenvalue weighted by molar-refractivity contribution is 5.07. The zero-order valence-electron chi connectivity index (χ0n) is 11.7. The van der Waals surface area contributed by atoms with Crippen LogP contribution in [0.15, 0.2) is 12.3 Å². The lowest BCUT2D eigenvalue weighted by molar-refractivity contribution is 0.103. The molecule has 0 aromatic carbocycles. The molecule has 0 radical (unpaired) electrons. The van der Waals surface area contributed by atoms with Gasteiger partial charge < -0.3 is 15.5 Å². The lowest BCUT2D eigenvalue weighted by Gasteiger charge is -2.38. The molecule has 2 heterocycles. The van der Waals surface area contributed by atoms with Crippen molar-refractivity contribution in [1.82, 2.24) is 19.6 Å². The van der Waals surface area contributed by atoms with E-state index in [4.69, 9.17) is 5.73 Å². The molecule has 1 saturated heterocycles. The van der Waals surface area contributed by atoms with Gasteiger partial charge in [-0.2, -0.15) is 5.10 Å². The van der Waals surface area contributed by atoms with Gasteiger partial charge in [0.1, 0.15) is 0 Å². The fourth-order valence-corrected chi connectivity index (χ4v) is 2.69. The summed E-state index contributed by atoms with van der Waals surface area (Å²) in [6.07, 6.45) is 2.84. The summed E-state index contributed by atoms with van der Waals surface area (Å²) in [6, 6.07) is 2.66. The normalized spacial score (nSPS) is 24.3. The number of nitrogens with two attached hydrogens (primary N) is 1. The molecule has 1 aromatic rings. The molecule has 1 aliphatic heterocycles. The molecule has 18 heavy (non-hydrogen) atoms. The van der Waals surface area contributed by atoms with Crippen LogP contribution in [0.4, 0.5) is 0 Å². The Bertz CT molecular complexity index is 375. The SMILES string of the molecule is CCn1nccc1C(N)CC1CN(C)CCN1C. The largest absolute Gasteiger partial charge is 0.323 e. The minimum atomic E-state index is 0.0754. The number of aromatic nitrogens is 2. The maximum Gasteiger partial charge on any atom is 0.0551 e. The van der Waals surface area contributed by atoms with Crippen LogP contribution >= 0.6 is 0 Å². The molecule has 102 valence electrons. The predicted octanol–water partition coefficient (Wildman–Crippen LogP) is 0.539. The molecule has 0 saturated carbocycles. The van der Waals surface area contributed by atoms with E-state index < -0.39 is 0 Å². The second kappa shape index (κ2) is 5.82. The smallest absolute Gasteiger partial charge is 0.0551 e. The van der Waals surface area contributed by atoms with Gasteiger partial charge in [0, 0.05) is 44.5 Å². The van der Waals surface area contributed by atoms with Gasteiger partial charge in [0.25, 0.3) is 0 Å². The molecule has 2 unspecified atom stereocenters. The number of hydrogen-bond donors (Lipinski definition) is 1. The van der Waals surface area contributed by atoms with Crippen molar-refractivity contribution >= 4 is 0 Å². The van der Waals surface area contributed by atoms with Crippen LogP contribution in [-0.2, 0) is 6.54 Å². The summed E-state index contributed by atoms with van der Waals surface area (Å²) in [5, 5.41) is 4.30. The predicted molar refractivity (Wildman–Crippen MR) is 73.4 cm³/mol. The fraction of sp³-hybridized carbons (Fsp3) is 0.769. The standard InChI is InChI=1S/C13H25N5/c1-4-18-13(5-6-15-18)12(14)9-11-10-16(2)7-8-17(11)3/h5-6,11-12H,4,7-10,14H2,1-3H3. The molecule has 0 spiro atoms. The van der Waals surface area contributed by atoms with E-state index in [1.165, 1.54) is 0 Å². The van der Waals surface area contributed by atoms with Gasteiger partial charge in [-0.25, -0.2) is 0 Å². The van der Waals surface area contributed by atoms with Crippen LogP contribution in [0, 0.1) is 0 Å². The number of hydrogen-bond acceptors (Lipinski definition) is 4. The first-order chi connectivity index (χ1) is 8.61. The van der Waals surface area contributed by atoms with Crippen molar-refractivity contribution in [2.75, 3.05) is 33.7 Å². The first-order valence-corrected chi connectivity index (χ1v) is 6.78. The van der Waals surface area contributed by atoms with Gasteiger partial charge in [0.05, 0.1) is 5.69 Å². The van der Waals surface area contributed by atoms with Crippen molar-refractivity contribution in [3.63, 3.8) is 0 Å². The summed E-state index contributed by atoms with van der Waals surface area (Å²) in [4.78, 5) is 4.81. The number of rotatable bonds is 4. The van der Waals surface area contributed by atoms with Crippen molar-refractivity contribution in [2.45, 2.75) is 32.0 Å². The number of likely N-dealkylation sites (N-methyl/N-ethyl adjacent to an activating group) is 2. The third kappa shape index (κ3) is 2.91. The van der Waals surface area contributed by atoms with Crippen LogP contribution in [0.2, 0.25) is 0 Å². The van der Waals surface area contributed by atoms with Crippen LogP contribution in [0.5, 0.6) is 0 Å². The van der Waals surface area contributed by atoms with Crippen molar-refractivity contribution in [2.24, 2.45) is 5.73 Å². The summed E-state index contributed by atoms with van der Waals surface area (Å²) in [7, 11) is 4.38. The van der Waals surface area contributed by atoms with E-state index in [9.17, 15) is 0 Å². The van der Waals surface area contributed by atoms with E-state index >= 15 is 0 Å². The first-order valence-electron chi connectivity index (χ1n) is 6.78. The summed E-state index contributed by atoms with van der Waals surface area (Å²) < 4.78 is 2.00. The Balaban J connectivity index is 2.00. The maximum absolute atomic E-state index is 6.35. The van der Waals surface area contributed by atoms with Gasteiger partial charge in [-0.05, 0) is 33.5 Å². The van der Waals surface area contributed by atoms with Crippen molar-refractivity contribution in [3.8, 4) is 0 Å². The van der Waals surface area contributed by atoms with E-state index in [0.717, 1.165) is 38.3 Å². The summed E-state index contributed by atoms with van der Waals surface area (Å²) in [6.45, 7) is 6.36. The molecule has 1 fully saturated rings. The summed E-state index contributed by atoms with van der Waals surface area (Å²) in [5.74, 6) is 0.